The molecule has 0 unspecified atom stereocenters. The van der Waals surface area contributed by atoms with Crippen molar-refractivity contribution < 1.29 is 9.32 Å². The van der Waals surface area contributed by atoms with Crippen LogP contribution in [0.25, 0.3) is 11.4 Å². The molecule has 1 aliphatic rings. The molecule has 0 aliphatic carbocycles. The second kappa shape index (κ2) is 12.4. The van der Waals surface area contributed by atoms with Crippen molar-refractivity contribution in [2.24, 2.45) is 5.92 Å². The van der Waals surface area contributed by atoms with E-state index in [-0.39, 0.29) is 11.8 Å². The Kier molecular flexibility index (Phi) is 9.02. The Balaban J connectivity index is 1.11. The predicted molar refractivity (Wildman–Crippen MR) is 138 cm³/mol. The monoisotopic (exact) mass is 498 g/mol. The number of aromatic nitrogens is 2. The Labute approximate surface area is 210 Å². The molecule has 180 valence electrons. The zero-order chi connectivity index (χ0) is 23.8. The fourth-order valence-corrected chi connectivity index (χ4v) is 5.26. The van der Waals surface area contributed by atoms with Crippen LogP contribution in [-0.4, -0.2) is 46.3 Å². The molecule has 0 saturated carbocycles. The topological polar surface area (TPSA) is 71.3 Å². The number of rotatable bonds is 10. The summed E-state index contributed by atoms with van der Waals surface area (Å²) in [5, 5.41) is 8.05. The van der Waals surface area contributed by atoms with Crippen molar-refractivity contribution in [2.45, 2.75) is 38.5 Å². The first kappa shape index (κ1) is 24.8. The van der Waals surface area contributed by atoms with Crippen LogP contribution < -0.4 is 5.32 Å². The maximum absolute atomic E-state index is 12.6. The normalized spacial score (nSPS) is 14.9. The summed E-state index contributed by atoms with van der Waals surface area (Å²) >= 11 is 8.04. The van der Waals surface area contributed by atoms with E-state index < -0.39 is 0 Å². The van der Waals surface area contributed by atoms with Crippen LogP contribution in [0.1, 0.15) is 36.3 Å². The number of halogens is 1. The molecule has 1 aromatic heterocycles. The minimum absolute atomic E-state index is 0.0813. The number of benzene rings is 2. The summed E-state index contributed by atoms with van der Waals surface area (Å²) in [5.41, 5.74) is 3.32. The Morgan fingerprint density at radius 2 is 1.94 bits per heavy atom. The molecule has 4 rings (SSSR count). The lowest BCUT2D eigenvalue weighted by Gasteiger charge is -2.30. The number of nitrogens with one attached hydrogen (secondary N) is 1. The van der Waals surface area contributed by atoms with Gasteiger partial charge in [-0.1, -0.05) is 64.8 Å². The Bertz CT molecular complexity index is 1060. The molecule has 0 radical (unpaired) electrons. The van der Waals surface area contributed by atoms with Gasteiger partial charge in [0.25, 0.3) is 0 Å². The molecule has 2 aromatic carbocycles. The zero-order valence-corrected chi connectivity index (χ0v) is 21.1. The third-order valence-electron chi connectivity index (χ3n) is 6.08. The first-order valence-electron chi connectivity index (χ1n) is 11.8. The van der Waals surface area contributed by atoms with Crippen LogP contribution in [0.5, 0.6) is 0 Å². The smallest absolute Gasteiger partial charge is 0.241 e. The number of thioether (sulfide) groups is 1. The number of aryl methyl sites for hydroxylation is 1. The molecular formula is C26H31ClN4O2S. The average Bonchev–Trinajstić information content (AvgIpc) is 3.31. The summed E-state index contributed by atoms with van der Waals surface area (Å²) in [7, 11) is 0. The van der Waals surface area contributed by atoms with Gasteiger partial charge in [-0.05, 0) is 56.7 Å². The number of amides is 1. The Hall–Kier alpha value is -2.35. The summed E-state index contributed by atoms with van der Waals surface area (Å²) in [6, 6.07) is 16.0. The van der Waals surface area contributed by atoms with Gasteiger partial charge in [0, 0.05) is 28.8 Å². The van der Waals surface area contributed by atoms with E-state index in [2.05, 4.69) is 33.3 Å². The van der Waals surface area contributed by atoms with Gasteiger partial charge >= 0.3 is 0 Å². The van der Waals surface area contributed by atoms with Gasteiger partial charge in [0.15, 0.2) is 0 Å². The van der Waals surface area contributed by atoms with Crippen molar-refractivity contribution in [3.8, 4) is 11.4 Å². The maximum atomic E-state index is 12.6. The third-order valence-corrected chi connectivity index (χ3v) is 7.54. The molecule has 6 nitrogen and oxygen atoms in total. The maximum Gasteiger partial charge on any atom is 0.241 e. The van der Waals surface area contributed by atoms with Gasteiger partial charge in [-0.25, -0.2) is 0 Å². The predicted octanol–water partition coefficient (Wildman–Crippen LogP) is 5.35. The standard InChI is InChI=1S/C26H31ClN4O2S/c1-19-7-9-20(10-8-19)25-29-24(33-30-25)17-31-14-11-21(12-15-31)26(32)28-13-4-16-34-18-22-5-2-3-6-23(22)27/h2-3,5-10,21H,4,11-18H2,1H3,(H,28,32). The molecule has 1 saturated heterocycles. The molecule has 8 heteroatoms. The lowest BCUT2D eigenvalue weighted by molar-refractivity contribution is -0.126. The van der Waals surface area contributed by atoms with E-state index in [1.807, 2.05) is 54.2 Å². The van der Waals surface area contributed by atoms with E-state index in [9.17, 15) is 4.79 Å². The molecule has 1 N–H and O–H groups in total. The van der Waals surface area contributed by atoms with Crippen LogP contribution in [-0.2, 0) is 17.1 Å². The van der Waals surface area contributed by atoms with Crippen molar-refractivity contribution in [1.82, 2.24) is 20.4 Å². The summed E-state index contributed by atoms with van der Waals surface area (Å²) < 4.78 is 5.45. The lowest BCUT2D eigenvalue weighted by Crippen LogP contribution is -2.40. The largest absolute Gasteiger partial charge is 0.356 e. The van der Waals surface area contributed by atoms with Crippen LogP contribution in [0.2, 0.25) is 5.02 Å². The zero-order valence-electron chi connectivity index (χ0n) is 19.5. The highest BCUT2D eigenvalue weighted by Gasteiger charge is 2.25. The summed E-state index contributed by atoms with van der Waals surface area (Å²) in [4.78, 5) is 19.4. The highest BCUT2D eigenvalue weighted by Crippen LogP contribution is 2.22. The number of piperidine rings is 1. The summed E-state index contributed by atoms with van der Waals surface area (Å²) in [6.45, 7) is 5.11. The van der Waals surface area contributed by atoms with E-state index in [4.69, 9.17) is 16.1 Å². The van der Waals surface area contributed by atoms with Crippen LogP contribution in [0.3, 0.4) is 0 Å². The third kappa shape index (κ3) is 7.08. The lowest BCUT2D eigenvalue weighted by atomic mass is 9.96. The van der Waals surface area contributed by atoms with Crippen molar-refractivity contribution in [3.05, 3.63) is 70.6 Å². The van der Waals surface area contributed by atoms with Gasteiger partial charge in [-0.3, -0.25) is 9.69 Å². The molecular weight excluding hydrogens is 468 g/mol. The molecule has 34 heavy (non-hydrogen) atoms. The van der Waals surface area contributed by atoms with Gasteiger partial charge < -0.3 is 9.84 Å². The molecule has 1 aliphatic heterocycles. The van der Waals surface area contributed by atoms with Crippen LogP contribution in [0.4, 0.5) is 0 Å². The SMILES string of the molecule is Cc1ccc(-c2noc(CN3CCC(C(=O)NCCCSCc4ccccc4Cl)CC3)n2)cc1. The number of carbonyl (C=O) groups excluding carboxylic acids is 1. The first-order valence-corrected chi connectivity index (χ1v) is 13.3. The van der Waals surface area contributed by atoms with E-state index >= 15 is 0 Å². The molecule has 1 fully saturated rings. The van der Waals surface area contributed by atoms with E-state index in [1.54, 1.807) is 0 Å². The van der Waals surface area contributed by atoms with Crippen LogP contribution in [0.15, 0.2) is 53.1 Å². The first-order chi connectivity index (χ1) is 16.6. The van der Waals surface area contributed by atoms with Gasteiger partial charge in [0.2, 0.25) is 17.6 Å². The van der Waals surface area contributed by atoms with Gasteiger partial charge in [0.1, 0.15) is 0 Å². The Morgan fingerprint density at radius 3 is 2.71 bits per heavy atom. The number of hydrogen-bond donors (Lipinski definition) is 1. The van der Waals surface area contributed by atoms with Crippen LogP contribution in [0, 0.1) is 12.8 Å². The molecule has 2 heterocycles. The van der Waals surface area contributed by atoms with Crippen LogP contribution >= 0.6 is 23.4 Å². The number of hydrogen-bond acceptors (Lipinski definition) is 6. The highest BCUT2D eigenvalue weighted by molar-refractivity contribution is 7.98. The van der Waals surface area contributed by atoms with E-state index in [1.165, 1.54) is 5.56 Å². The van der Waals surface area contributed by atoms with Gasteiger partial charge in [-0.15, -0.1) is 0 Å². The average molecular weight is 499 g/mol. The number of carbonyl (C=O) groups is 1. The second-order valence-corrected chi connectivity index (χ2v) is 10.2. The number of likely N-dealkylation sites (tertiary alicyclic amines) is 1. The molecule has 0 bridgehead atoms. The van der Waals surface area contributed by atoms with Crippen molar-refractivity contribution in [1.29, 1.82) is 0 Å². The second-order valence-electron chi connectivity index (χ2n) is 8.72. The van der Waals surface area contributed by atoms with E-state index in [0.717, 1.165) is 66.6 Å². The Morgan fingerprint density at radius 1 is 1.18 bits per heavy atom. The van der Waals surface area contributed by atoms with Gasteiger partial charge in [0.05, 0.1) is 6.54 Å². The fraction of sp³-hybridized carbons (Fsp3) is 0.423. The van der Waals surface area contributed by atoms with E-state index in [0.29, 0.717) is 18.3 Å². The molecule has 0 spiro atoms. The minimum atomic E-state index is 0.0813. The molecule has 1 amide bonds. The van der Waals surface area contributed by atoms with Gasteiger partial charge in [-0.2, -0.15) is 16.7 Å². The fourth-order valence-electron chi connectivity index (χ4n) is 4.01. The molecule has 3 aromatic rings. The highest BCUT2D eigenvalue weighted by atomic mass is 35.5. The van der Waals surface area contributed by atoms with Crippen molar-refractivity contribution in [3.63, 3.8) is 0 Å². The van der Waals surface area contributed by atoms with Crippen molar-refractivity contribution in [2.75, 3.05) is 25.4 Å². The minimum Gasteiger partial charge on any atom is -0.356 e. The summed E-state index contributed by atoms with van der Waals surface area (Å²) in [5.74, 6) is 3.40. The summed E-state index contributed by atoms with van der Waals surface area (Å²) in [6.07, 6.45) is 2.66. The quantitative estimate of drug-likeness (QED) is 0.380. The van der Waals surface area contributed by atoms with Crippen molar-refractivity contribution >= 4 is 29.3 Å². The molecule has 0 atom stereocenters. The number of nitrogens with zero attached hydrogens (tertiary/aromatic N) is 3.